The molecule has 0 bridgehead atoms. The number of aryl methyl sites for hydroxylation is 1. The number of halogens is 1. The number of benzene rings is 1. The number of amides is 1. The number of hydrogen-bond acceptors (Lipinski definition) is 3. The van der Waals surface area contributed by atoms with Crippen molar-refractivity contribution in [3.8, 4) is 0 Å². The Morgan fingerprint density at radius 1 is 1.17 bits per heavy atom. The average Bonchev–Trinajstić information content (AvgIpc) is 3.07. The van der Waals surface area contributed by atoms with Crippen LogP contribution < -0.4 is 11.0 Å². The second-order valence-electron chi connectivity index (χ2n) is 5.08. The quantitative estimate of drug-likeness (QED) is 0.724. The van der Waals surface area contributed by atoms with Crippen molar-refractivity contribution in [2.75, 3.05) is 0 Å². The van der Waals surface area contributed by atoms with Gasteiger partial charge in [-0.05, 0) is 47.1 Å². The van der Waals surface area contributed by atoms with E-state index in [0.29, 0.717) is 13.1 Å². The van der Waals surface area contributed by atoms with Gasteiger partial charge in [0.25, 0.3) is 0 Å². The molecular weight excluding hydrogens is 378 g/mol. The van der Waals surface area contributed by atoms with Gasteiger partial charge in [0, 0.05) is 11.4 Å². The van der Waals surface area contributed by atoms with Crippen molar-refractivity contribution in [1.82, 2.24) is 14.5 Å². The average molecular weight is 394 g/mol. The van der Waals surface area contributed by atoms with Gasteiger partial charge in [-0.1, -0.05) is 12.1 Å². The number of rotatable bonds is 5. The van der Waals surface area contributed by atoms with E-state index in [1.165, 1.54) is 4.57 Å². The van der Waals surface area contributed by atoms with Gasteiger partial charge in [0.2, 0.25) is 5.91 Å². The molecule has 5 nitrogen and oxygen atoms in total. The van der Waals surface area contributed by atoms with E-state index in [9.17, 15) is 9.59 Å². The van der Waals surface area contributed by atoms with Crippen LogP contribution in [0, 0.1) is 0 Å². The van der Waals surface area contributed by atoms with Crippen molar-refractivity contribution in [3.63, 3.8) is 0 Å². The number of aromatic nitrogens is 2. The maximum atomic E-state index is 12.5. The van der Waals surface area contributed by atoms with Crippen LogP contribution >= 0.6 is 27.3 Å². The number of fused-ring (bicyclic) bond motifs is 1. The highest BCUT2D eigenvalue weighted by Crippen LogP contribution is 2.21. The van der Waals surface area contributed by atoms with Crippen LogP contribution in [0.1, 0.15) is 11.8 Å². The summed E-state index contributed by atoms with van der Waals surface area (Å²) < 4.78 is 4.24. The first-order valence-electron chi connectivity index (χ1n) is 7.29. The summed E-state index contributed by atoms with van der Waals surface area (Å²) in [5.74, 6) is -0.171. The lowest BCUT2D eigenvalue weighted by molar-refractivity contribution is -0.121. The highest BCUT2D eigenvalue weighted by atomic mass is 79.9. The van der Waals surface area contributed by atoms with E-state index in [-0.39, 0.29) is 18.1 Å². The van der Waals surface area contributed by atoms with E-state index < -0.39 is 0 Å². The van der Waals surface area contributed by atoms with Gasteiger partial charge >= 0.3 is 5.69 Å². The molecule has 0 saturated carbocycles. The number of nitrogens with zero attached hydrogens (tertiary/aromatic N) is 2. The number of imidazole rings is 1. The number of thiophene rings is 1. The molecule has 120 valence electrons. The first-order chi connectivity index (χ1) is 11.1. The lowest BCUT2D eigenvalue weighted by Crippen LogP contribution is -2.32. The molecular formula is C16H16BrN3O2S. The van der Waals surface area contributed by atoms with Crippen LogP contribution in [-0.2, 0) is 24.4 Å². The van der Waals surface area contributed by atoms with Crippen molar-refractivity contribution in [2.45, 2.75) is 26.6 Å². The molecule has 2 heterocycles. The van der Waals surface area contributed by atoms with Crippen LogP contribution in [0.5, 0.6) is 0 Å². The first kappa shape index (κ1) is 16.0. The summed E-state index contributed by atoms with van der Waals surface area (Å²) in [6, 6.07) is 11.5. The molecule has 23 heavy (non-hydrogen) atoms. The third-order valence-corrected chi connectivity index (χ3v) is 5.26. The Labute approximate surface area is 145 Å². The maximum Gasteiger partial charge on any atom is 0.329 e. The van der Waals surface area contributed by atoms with Gasteiger partial charge in [0.05, 0.1) is 21.4 Å². The summed E-state index contributed by atoms with van der Waals surface area (Å²) in [5, 5.41) is 2.86. The van der Waals surface area contributed by atoms with E-state index in [1.54, 1.807) is 15.9 Å². The van der Waals surface area contributed by atoms with Crippen molar-refractivity contribution < 1.29 is 4.79 Å². The van der Waals surface area contributed by atoms with Crippen molar-refractivity contribution >= 4 is 44.2 Å². The topological polar surface area (TPSA) is 56.0 Å². The number of nitrogens with one attached hydrogen (secondary N) is 1. The molecule has 0 spiro atoms. The number of hydrogen-bond donors (Lipinski definition) is 1. The Hall–Kier alpha value is -1.86. The Morgan fingerprint density at radius 3 is 2.48 bits per heavy atom. The zero-order valence-corrected chi connectivity index (χ0v) is 15.0. The minimum atomic E-state index is -0.171. The smallest absolute Gasteiger partial charge is 0.329 e. The second-order valence-corrected chi connectivity index (χ2v) is 7.63. The minimum absolute atomic E-state index is 0.0267. The summed E-state index contributed by atoms with van der Waals surface area (Å²) in [7, 11) is 0. The van der Waals surface area contributed by atoms with E-state index in [4.69, 9.17) is 0 Å². The van der Waals surface area contributed by atoms with Gasteiger partial charge in [0.1, 0.15) is 6.54 Å². The van der Waals surface area contributed by atoms with Gasteiger partial charge in [0.15, 0.2) is 0 Å². The third-order valence-electron chi connectivity index (χ3n) is 3.63. The second kappa shape index (κ2) is 6.72. The van der Waals surface area contributed by atoms with Crippen molar-refractivity contribution in [3.05, 3.63) is 55.5 Å². The zero-order valence-electron chi connectivity index (χ0n) is 12.6. The normalized spacial score (nSPS) is 11.0. The Morgan fingerprint density at radius 2 is 1.87 bits per heavy atom. The van der Waals surface area contributed by atoms with E-state index in [2.05, 4.69) is 21.2 Å². The van der Waals surface area contributed by atoms with Gasteiger partial charge < -0.3 is 5.32 Å². The molecule has 0 saturated heterocycles. The molecule has 0 radical (unpaired) electrons. The Bertz CT molecular complexity index is 910. The number of carbonyl (C=O) groups is 1. The summed E-state index contributed by atoms with van der Waals surface area (Å²) in [5.41, 5.74) is 1.49. The van der Waals surface area contributed by atoms with Crippen molar-refractivity contribution in [2.24, 2.45) is 0 Å². The van der Waals surface area contributed by atoms with Gasteiger partial charge in [-0.25, -0.2) is 4.79 Å². The van der Waals surface area contributed by atoms with Crippen LogP contribution in [0.4, 0.5) is 0 Å². The van der Waals surface area contributed by atoms with Crippen LogP contribution in [0.2, 0.25) is 0 Å². The van der Waals surface area contributed by atoms with E-state index >= 15 is 0 Å². The van der Waals surface area contributed by atoms with Gasteiger partial charge in [-0.15, -0.1) is 11.3 Å². The number of para-hydroxylation sites is 2. The molecule has 3 aromatic rings. The van der Waals surface area contributed by atoms with Gasteiger partial charge in [-0.3, -0.25) is 13.9 Å². The van der Waals surface area contributed by atoms with E-state index in [1.807, 2.05) is 43.3 Å². The standard InChI is InChI=1S/C16H16BrN3O2S/c1-2-19-12-5-3-4-6-13(12)20(16(19)22)10-15(21)18-9-11-7-8-14(17)23-11/h3-8H,2,9-10H2,1H3,(H,18,21). The summed E-state index contributed by atoms with van der Waals surface area (Å²) in [4.78, 5) is 25.7. The predicted molar refractivity (Wildman–Crippen MR) is 95.7 cm³/mol. The van der Waals surface area contributed by atoms with Crippen LogP contribution in [0.3, 0.4) is 0 Å². The molecule has 1 amide bonds. The van der Waals surface area contributed by atoms with Crippen molar-refractivity contribution in [1.29, 1.82) is 0 Å². The lowest BCUT2D eigenvalue weighted by atomic mass is 10.3. The van der Waals surface area contributed by atoms with Crippen LogP contribution in [0.25, 0.3) is 11.0 Å². The molecule has 7 heteroatoms. The predicted octanol–water partition coefficient (Wildman–Crippen LogP) is 2.96. The molecule has 0 unspecified atom stereocenters. The molecule has 0 aliphatic carbocycles. The monoisotopic (exact) mass is 393 g/mol. The lowest BCUT2D eigenvalue weighted by Gasteiger charge is -2.05. The SMILES string of the molecule is CCn1c(=O)n(CC(=O)NCc2ccc(Br)s2)c2ccccc21. The fourth-order valence-corrected chi connectivity index (χ4v) is 3.99. The summed E-state index contributed by atoms with van der Waals surface area (Å²) in [6.07, 6.45) is 0. The van der Waals surface area contributed by atoms with Crippen LogP contribution in [-0.4, -0.2) is 15.0 Å². The molecule has 1 aromatic carbocycles. The first-order valence-corrected chi connectivity index (χ1v) is 8.90. The minimum Gasteiger partial charge on any atom is -0.350 e. The van der Waals surface area contributed by atoms with E-state index in [0.717, 1.165) is 19.7 Å². The maximum absolute atomic E-state index is 12.5. The highest BCUT2D eigenvalue weighted by molar-refractivity contribution is 9.11. The molecule has 0 aliphatic heterocycles. The van der Waals surface area contributed by atoms with Gasteiger partial charge in [-0.2, -0.15) is 0 Å². The Balaban J connectivity index is 1.79. The number of carbonyl (C=O) groups excluding carboxylic acids is 1. The summed E-state index contributed by atoms with van der Waals surface area (Å²) in [6.45, 7) is 3.00. The zero-order chi connectivity index (χ0) is 16.4. The highest BCUT2D eigenvalue weighted by Gasteiger charge is 2.14. The van der Waals surface area contributed by atoms with Crippen LogP contribution in [0.15, 0.2) is 45.0 Å². The molecule has 1 N–H and O–H groups in total. The Kier molecular flexibility index (Phi) is 4.68. The molecule has 3 rings (SSSR count). The molecule has 2 aromatic heterocycles. The fourth-order valence-electron chi connectivity index (χ4n) is 2.56. The molecule has 0 aliphatic rings. The fraction of sp³-hybridized carbons (Fsp3) is 0.250. The molecule has 0 atom stereocenters. The third kappa shape index (κ3) is 3.25. The molecule has 0 fully saturated rings. The largest absolute Gasteiger partial charge is 0.350 e. The summed E-state index contributed by atoms with van der Waals surface area (Å²) >= 11 is 4.98.